The monoisotopic (exact) mass is 460 g/mol. The van der Waals surface area contributed by atoms with Crippen molar-refractivity contribution in [3.63, 3.8) is 0 Å². The Morgan fingerprint density at radius 3 is 2.48 bits per heavy atom. The van der Waals surface area contributed by atoms with E-state index in [9.17, 15) is 9.59 Å². The van der Waals surface area contributed by atoms with Crippen molar-refractivity contribution in [1.82, 2.24) is 15.1 Å². The number of thiophene rings is 1. The van der Waals surface area contributed by atoms with Gasteiger partial charge in [-0.25, -0.2) is 4.68 Å². The Morgan fingerprint density at radius 1 is 1.23 bits per heavy atom. The van der Waals surface area contributed by atoms with Crippen molar-refractivity contribution in [3.05, 3.63) is 33.6 Å². The second-order valence-electron chi connectivity index (χ2n) is 10.4. The molecule has 1 unspecified atom stereocenters. The minimum atomic E-state index is -0.339. The fraction of sp³-hybridized carbons (Fsp3) is 0.609. The van der Waals surface area contributed by atoms with E-state index >= 15 is 0 Å². The highest BCUT2D eigenvalue weighted by atomic mass is 32.2. The van der Waals surface area contributed by atoms with Crippen LogP contribution in [0.15, 0.2) is 17.5 Å². The van der Waals surface area contributed by atoms with E-state index in [2.05, 4.69) is 64.4 Å². The molecule has 4 rings (SSSR count). The van der Waals surface area contributed by atoms with E-state index in [0.717, 1.165) is 29.9 Å². The van der Waals surface area contributed by atoms with Gasteiger partial charge in [0.1, 0.15) is 12.4 Å². The number of rotatable bonds is 4. The van der Waals surface area contributed by atoms with Crippen LogP contribution in [0.1, 0.15) is 75.8 Å². The largest absolute Gasteiger partial charge is 0.352 e. The quantitative estimate of drug-likeness (QED) is 0.732. The molecule has 168 valence electrons. The molecule has 8 heteroatoms. The maximum Gasteiger partial charge on any atom is 0.240 e. The lowest BCUT2D eigenvalue weighted by Gasteiger charge is -2.28. The predicted octanol–water partition coefficient (Wildman–Crippen LogP) is 4.44. The molecule has 1 aliphatic carbocycles. The van der Waals surface area contributed by atoms with E-state index < -0.39 is 0 Å². The molecule has 0 radical (unpaired) electrons. The Bertz CT molecular complexity index is 979. The molecule has 3 heterocycles. The average molecular weight is 461 g/mol. The van der Waals surface area contributed by atoms with Crippen LogP contribution >= 0.6 is 23.1 Å². The van der Waals surface area contributed by atoms with Crippen molar-refractivity contribution in [2.45, 2.75) is 76.6 Å². The molecule has 6 nitrogen and oxygen atoms in total. The lowest BCUT2D eigenvalue weighted by molar-refractivity contribution is -0.123. The third-order valence-corrected chi connectivity index (χ3v) is 7.80. The molecule has 2 aliphatic rings. The zero-order valence-electron chi connectivity index (χ0n) is 19.2. The van der Waals surface area contributed by atoms with E-state index in [1.807, 2.05) is 4.68 Å². The molecule has 1 saturated carbocycles. The Kier molecular flexibility index (Phi) is 5.75. The maximum absolute atomic E-state index is 13.4. The molecule has 0 bridgehead atoms. The Morgan fingerprint density at radius 2 is 1.94 bits per heavy atom. The number of aromatic nitrogens is 2. The Hall–Kier alpha value is -1.80. The fourth-order valence-corrected chi connectivity index (χ4v) is 6.03. The summed E-state index contributed by atoms with van der Waals surface area (Å²) in [4.78, 5) is 29.0. The van der Waals surface area contributed by atoms with Crippen LogP contribution in [-0.4, -0.2) is 39.9 Å². The van der Waals surface area contributed by atoms with Gasteiger partial charge in [-0.3, -0.25) is 14.5 Å². The lowest BCUT2D eigenvalue weighted by Crippen LogP contribution is -2.44. The summed E-state index contributed by atoms with van der Waals surface area (Å²) in [7, 11) is 0. The van der Waals surface area contributed by atoms with Gasteiger partial charge in [0.2, 0.25) is 11.8 Å². The number of amides is 2. The Balaban J connectivity index is 1.91. The topological polar surface area (TPSA) is 67.2 Å². The third kappa shape index (κ3) is 4.55. The summed E-state index contributed by atoms with van der Waals surface area (Å²) in [6.07, 6.45) is 2.05. The number of fused-ring (bicyclic) bond motifs is 1. The predicted molar refractivity (Wildman–Crippen MR) is 128 cm³/mol. The van der Waals surface area contributed by atoms with E-state index in [4.69, 9.17) is 5.10 Å². The Labute approximate surface area is 192 Å². The van der Waals surface area contributed by atoms with Gasteiger partial charge in [0.25, 0.3) is 0 Å². The number of hydrogen-bond acceptors (Lipinski definition) is 5. The molecular weight excluding hydrogens is 428 g/mol. The summed E-state index contributed by atoms with van der Waals surface area (Å²) in [6, 6.07) is 4.45. The first-order valence-corrected chi connectivity index (χ1v) is 12.8. The highest BCUT2D eigenvalue weighted by Crippen LogP contribution is 2.49. The van der Waals surface area contributed by atoms with Crippen molar-refractivity contribution < 1.29 is 9.59 Å². The fourth-order valence-electron chi connectivity index (χ4n) is 3.85. The van der Waals surface area contributed by atoms with Crippen molar-refractivity contribution >= 4 is 40.7 Å². The molecule has 2 aromatic heterocycles. The molecule has 1 aliphatic heterocycles. The van der Waals surface area contributed by atoms with Gasteiger partial charge in [-0.2, -0.15) is 5.10 Å². The standard InChI is InChI=1S/C23H32N4O2S2/c1-22(2,3)20-18-19(15-8-7-11-30-15)31-13-17(29)26(12-16(28)24-14-9-10-14)21(18)27(25-20)23(4,5)6/h7-8,11,14,19H,9-10,12-13H2,1-6H3,(H,24,28). The molecule has 0 saturated heterocycles. The number of hydrogen-bond donors (Lipinski definition) is 1. The summed E-state index contributed by atoms with van der Waals surface area (Å²) in [5.41, 5.74) is 1.52. The molecule has 1 N–H and O–H groups in total. The van der Waals surface area contributed by atoms with Crippen molar-refractivity contribution in [2.75, 3.05) is 17.2 Å². The van der Waals surface area contributed by atoms with E-state index in [1.165, 1.54) is 4.88 Å². The van der Waals surface area contributed by atoms with Gasteiger partial charge in [-0.15, -0.1) is 23.1 Å². The summed E-state index contributed by atoms with van der Waals surface area (Å²) in [6.45, 7) is 12.8. The molecule has 2 aromatic rings. The second kappa shape index (κ2) is 7.96. The van der Waals surface area contributed by atoms with Crippen LogP contribution in [0.3, 0.4) is 0 Å². The third-order valence-electron chi connectivity index (χ3n) is 5.48. The lowest BCUT2D eigenvalue weighted by atomic mass is 9.88. The first-order valence-electron chi connectivity index (χ1n) is 10.9. The van der Waals surface area contributed by atoms with Crippen molar-refractivity contribution in [3.8, 4) is 0 Å². The summed E-state index contributed by atoms with van der Waals surface area (Å²) >= 11 is 3.34. The molecule has 0 aromatic carbocycles. The SMILES string of the molecule is CC(C)(C)c1nn(C(C)(C)C)c2c1C(c1cccs1)SCC(=O)N2CC(=O)NC1CC1. The van der Waals surface area contributed by atoms with Gasteiger partial charge >= 0.3 is 0 Å². The van der Waals surface area contributed by atoms with E-state index in [1.54, 1.807) is 28.0 Å². The number of thioether (sulfide) groups is 1. The second-order valence-corrected chi connectivity index (χ2v) is 12.5. The molecule has 1 atom stereocenters. The summed E-state index contributed by atoms with van der Waals surface area (Å²) < 4.78 is 1.97. The minimum absolute atomic E-state index is 0.0146. The van der Waals surface area contributed by atoms with Crippen LogP contribution in [-0.2, 0) is 20.5 Å². The molecule has 31 heavy (non-hydrogen) atoms. The zero-order valence-corrected chi connectivity index (χ0v) is 20.8. The van der Waals surface area contributed by atoms with Gasteiger partial charge in [-0.1, -0.05) is 26.8 Å². The molecular formula is C23H32N4O2S2. The van der Waals surface area contributed by atoms with E-state index in [0.29, 0.717) is 5.75 Å². The van der Waals surface area contributed by atoms with Gasteiger partial charge in [0.15, 0.2) is 0 Å². The number of carbonyl (C=O) groups is 2. The van der Waals surface area contributed by atoms with Crippen LogP contribution in [0.2, 0.25) is 0 Å². The molecule has 1 fully saturated rings. The van der Waals surface area contributed by atoms with Crippen LogP contribution in [0, 0.1) is 0 Å². The number of nitrogens with zero attached hydrogens (tertiary/aromatic N) is 3. The normalized spacial score (nSPS) is 19.9. The summed E-state index contributed by atoms with van der Waals surface area (Å²) in [5.74, 6) is 0.973. The molecule has 2 amide bonds. The maximum atomic E-state index is 13.4. The van der Waals surface area contributed by atoms with Gasteiger partial charge in [0.05, 0.1) is 22.2 Å². The van der Waals surface area contributed by atoms with Gasteiger partial charge in [0, 0.05) is 21.9 Å². The number of anilines is 1. The van der Waals surface area contributed by atoms with Crippen LogP contribution < -0.4 is 10.2 Å². The highest BCUT2D eigenvalue weighted by molar-refractivity contribution is 8.00. The first kappa shape index (κ1) is 22.4. The van der Waals surface area contributed by atoms with Gasteiger partial charge in [-0.05, 0) is 45.1 Å². The van der Waals surface area contributed by atoms with E-state index in [-0.39, 0.29) is 40.6 Å². The first-order chi connectivity index (χ1) is 14.5. The van der Waals surface area contributed by atoms with Gasteiger partial charge < -0.3 is 5.32 Å². The number of nitrogens with one attached hydrogen (secondary N) is 1. The number of carbonyl (C=O) groups excluding carboxylic acids is 2. The van der Waals surface area contributed by atoms with Crippen molar-refractivity contribution in [2.24, 2.45) is 0 Å². The summed E-state index contributed by atoms with van der Waals surface area (Å²) in [5, 5.41) is 10.2. The highest BCUT2D eigenvalue weighted by Gasteiger charge is 2.41. The molecule has 0 spiro atoms. The van der Waals surface area contributed by atoms with Crippen LogP contribution in [0.5, 0.6) is 0 Å². The van der Waals surface area contributed by atoms with Crippen LogP contribution in [0.25, 0.3) is 0 Å². The zero-order chi connectivity index (χ0) is 22.6. The average Bonchev–Trinajstić information content (AvgIpc) is 3.17. The minimum Gasteiger partial charge on any atom is -0.352 e. The smallest absolute Gasteiger partial charge is 0.240 e. The van der Waals surface area contributed by atoms with Crippen LogP contribution in [0.4, 0.5) is 5.82 Å². The van der Waals surface area contributed by atoms with Crippen molar-refractivity contribution in [1.29, 1.82) is 0 Å².